The molecule has 0 aliphatic rings. The van der Waals surface area contributed by atoms with Crippen LogP contribution in [0.1, 0.15) is 5.56 Å². The van der Waals surface area contributed by atoms with Gasteiger partial charge in [-0.1, -0.05) is 33.6 Å². The highest BCUT2D eigenvalue weighted by atomic mass is 79.9. The van der Waals surface area contributed by atoms with Crippen LogP contribution in [-0.4, -0.2) is 6.26 Å². The zero-order valence-electron chi connectivity index (χ0n) is 10.1. The van der Waals surface area contributed by atoms with Crippen molar-refractivity contribution in [2.24, 2.45) is 0 Å². The third-order valence-electron chi connectivity index (χ3n) is 2.56. The Labute approximate surface area is 129 Å². The predicted octanol–water partition coefficient (Wildman–Crippen LogP) is 5.44. The van der Waals surface area contributed by atoms with Crippen molar-refractivity contribution in [1.29, 1.82) is 5.26 Å². The molecule has 19 heavy (non-hydrogen) atoms. The van der Waals surface area contributed by atoms with Gasteiger partial charge in [-0.2, -0.15) is 5.26 Å². The highest BCUT2D eigenvalue weighted by molar-refractivity contribution is 9.10. The average molecular weight is 354 g/mol. The van der Waals surface area contributed by atoms with Crippen LogP contribution in [0, 0.1) is 11.3 Å². The molecule has 0 amide bonds. The lowest BCUT2D eigenvalue weighted by Gasteiger charge is -2.12. The first-order valence-electron chi connectivity index (χ1n) is 5.45. The molecule has 0 radical (unpaired) electrons. The number of hydrogen-bond acceptors (Lipinski definition) is 3. The van der Waals surface area contributed by atoms with E-state index in [0.717, 1.165) is 20.7 Å². The molecule has 0 aliphatic carbocycles. The molecule has 5 heteroatoms. The zero-order valence-corrected chi connectivity index (χ0v) is 13.2. The van der Waals surface area contributed by atoms with E-state index >= 15 is 0 Å². The largest absolute Gasteiger partial charge is 0.353 e. The van der Waals surface area contributed by atoms with Gasteiger partial charge in [0.25, 0.3) is 0 Å². The van der Waals surface area contributed by atoms with Crippen LogP contribution < -0.4 is 5.32 Å². The predicted molar refractivity (Wildman–Crippen MR) is 85.4 cm³/mol. The highest BCUT2D eigenvalue weighted by Gasteiger charge is 2.09. The molecule has 0 atom stereocenters. The smallest absolute Gasteiger partial charge is 0.103 e. The number of nitriles is 1. The molecule has 0 spiro atoms. The van der Waals surface area contributed by atoms with Crippen LogP contribution in [0.4, 0.5) is 11.4 Å². The van der Waals surface area contributed by atoms with Gasteiger partial charge in [-0.3, -0.25) is 0 Å². The molecule has 0 aliphatic heterocycles. The molecule has 2 aromatic rings. The molecule has 0 unspecified atom stereocenters. The second-order valence-electron chi connectivity index (χ2n) is 3.74. The maximum Gasteiger partial charge on any atom is 0.103 e. The summed E-state index contributed by atoms with van der Waals surface area (Å²) in [6, 6.07) is 13.5. The van der Waals surface area contributed by atoms with Gasteiger partial charge in [-0.15, -0.1) is 11.8 Å². The third-order valence-corrected chi connectivity index (χ3v) is 4.14. The Morgan fingerprint density at radius 3 is 2.68 bits per heavy atom. The fraction of sp³-hybridized carbons (Fsp3) is 0.0714. The molecule has 1 N–H and O–H groups in total. The molecule has 0 saturated heterocycles. The number of nitrogens with one attached hydrogen (secondary N) is 1. The Hall–Kier alpha value is -1.15. The van der Waals surface area contributed by atoms with Crippen molar-refractivity contribution >= 4 is 50.7 Å². The van der Waals surface area contributed by atoms with Gasteiger partial charge in [0.15, 0.2) is 0 Å². The van der Waals surface area contributed by atoms with E-state index in [1.165, 1.54) is 0 Å². The van der Waals surface area contributed by atoms with E-state index in [9.17, 15) is 5.26 Å². The maximum atomic E-state index is 9.28. The minimum atomic E-state index is 0.604. The molecular formula is C14H10BrClN2S. The van der Waals surface area contributed by atoms with Gasteiger partial charge in [0.05, 0.1) is 22.0 Å². The van der Waals surface area contributed by atoms with Crippen molar-refractivity contribution in [2.45, 2.75) is 4.90 Å². The summed E-state index contributed by atoms with van der Waals surface area (Å²) in [6.07, 6.45) is 1.95. The van der Waals surface area contributed by atoms with Gasteiger partial charge in [0.2, 0.25) is 0 Å². The van der Waals surface area contributed by atoms with Gasteiger partial charge < -0.3 is 5.32 Å². The van der Waals surface area contributed by atoms with Crippen LogP contribution in [0.3, 0.4) is 0 Å². The standard InChI is InChI=1S/C14H10BrClN2S/c1-19-14-4-2-3-12(10(14)8-17)18-13-6-5-9(15)7-11(13)16/h2-7,18H,1H3. The number of anilines is 2. The lowest BCUT2D eigenvalue weighted by atomic mass is 10.2. The Balaban J connectivity index is 2.41. The first kappa shape index (κ1) is 14.3. The van der Waals surface area contributed by atoms with Crippen molar-refractivity contribution in [1.82, 2.24) is 0 Å². The van der Waals surface area contributed by atoms with Crippen molar-refractivity contribution in [3.05, 3.63) is 51.5 Å². The maximum absolute atomic E-state index is 9.28. The fourth-order valence-electron chi connectivity index (χ4n) is 1.66. The third kappa shape index (κ3) is 3.24. The van der Waals surface area contributed by atoms with Crippen LogP contribution >= 0.6 is 39.3 Å². The quantitative estimate of drug-likeness (QED) is 0.746. The number of hydrogen-bond donors (Lipinski definition) is 1. The van der Waals surface area contributed by atoms with Crippen LogP contribution in [0.2, 0.25) is 5.02 Å². The summed E-state index contributed by atoms with van der Waals surface area (Å²) < 4.78 is 0.918. The van der Waals surface area contributed by atoms with Crippen molar-refractivity contribution in [3.63, 3.8) is 0 Å². The summed E-state index contributed by atoms with van der Waals surface area (Å²) in [6.45, 7) is 0. The lowest BCUT2D eigenvalue weighted by molar-refractivity contribution is 1.36. The molecule has 0 bridgehead atoms. The number of halogens is 2. The van der Waals surface area contributed by atoms with E-state index in [1.54, 1.807) is 11.8 Å². The number of thioether (sulfide) groups is 1. The molecule has 0 heterocycles. The summed E-state index contributed by atoms with van der Waals surface area (Å²) >= 11 is 11.1. The monoisotopic (exact) mass is 352 g/mol. The Morgan fingerprint density at radius 1 is 1.26 bits per heavy atom. The molecule has 2 nitrogen and oxygen atoms in total. The van der Waals surface area contributed by atoms with Crippen LogP contribution in [0.15, 0.2) is 45.8 Å². The van der Waals surface area contributed by atoms with Crippen molar-refractivity contribution < 1.29 is 0 Å². The second kappa shape index (κ2) is 6.33. The Kier molecular flexibility index (Phi) is 4.76. The SMILES string of the molecule is CSc1cccc(Nc2ccc(Br)cc2Cl)c1C#N. The van der Waals surface area contributed by atoms with E-state index in [4.69, 9.17) is 11.6 Å². The number of nitrogens with zero attached hydrogens (tertiary/aromatic N) is 1. The first-order valence-corrected chi connectivity index (χ1v) is 7.84. The summed E-state index contributed by atoms with van der Waals surface area (Å²) in [4.78, 5) is 0.945. The summed E-state index contributed by atoms with van der Waals surface area (Å²) in [7, 11) is 0. The molecule has 2 aromatic carbocycles. The number of benzene rings is 2. The van der Waals surface area contributed by atoms with Crippen LogP contribution in [-0.2, 0) is 0 Å². The highest BCUT2D eigenvalue weighted by Crippen LogP contribution is 2.32. The second-order valence-corrected chi connectivity index (χ2v) is 5.91. The minimum absolute atomic E-state index is 0.604. The summed E-state index contributed by atoms with van der Waals surface area (Å²) in [5, 5.41) is 13.1. The molecule has 0 fully saturated rings. The fourth-order valence-corrected chi connectivity index (χ4v) is 2.95. The molecule has 0 saturated carbocycles. The van der Waals surface area contributed by atoms with E-state index < -0.39 is 0 Å². The molecule has 2 rings (SSSR count). The van der Waals surface area contributed by atoms with Gasteiger partial charge in [-0.05, 0) is 36.6 Å². The Bertz CT molecular complexity index is 652. The topological polar surface area (TPSA) is 35.8 Å². The Morgan fingerprint density at radius 2 is 2.05 bits per heavy atom. The number of rotatable bonds is 3. The van der Waals surface area contributed by atoms with E-state index in [1.807, 2.05) is 42.7 Å². The lowest BCUT2D eigenvalue weighted by Crippen LogP contribution is -1.95. The van der Waals surface area contributed by atoms with Gasteiger partial charge in [0, 0.05) is 9.37 Å². The van der Waals surface area contributed by atoms with Crippen LogP contribution in [0.5, 0.6) is 0 Å². The van der Waals surface area contributed by atoms with E-state index in [2.05, 4.69) is 27.3 Å². The molecular weight excluding hydrogens is 344 g/mol. The van der Waals surface area contributed by atoms with Gasteiger partial charge in [-0.25, -0.2) is 0 Å². The summed E-state index contributed by atoms with van der Waals surface area (Å²) in [5.41, 5.74) is 2.17. The zero-order chi connectivity index (χ0) is 13.8. The minimum Gasteiger partial charge on any atom is -0.353 e. The van der Waals surface area contributed by atoms with Crippen molar-refractivity contribution in [2.75, 3.05) is 11.6 Å². The van der Waals surface area contributed by atoms with Gasteiger partial charge in [0.1, 0.15) is 6.07 Å². The molecule has 96 valence electrons. The van der Waals surface area contributed by atoms with E-state index in [-0.39, 0.29) is 0 Å². The summed E-state index contributed by atoms with van der Waals surface area (Å²) in [5.74, 6) is 0. The first-order chi connectivity index (χ1) is 9.15. The normalized spacial score (nSPS) is 10.0. The molecule has 0 aromatic heterocycles. The van der Waals surface area contributed by atoms with Crippen molar-refractivity contribution in [3.8, 4) is 6.07 Å². The van der Waals surface area contributed by atoms with Crippen LogP contribution in [0.25, 0.3) is 0 Å². The average Bonchev–Trinajstić information content (AvgIpc) is 2.41. The van der Waals surface area contributed by atoms with E-state index in [0.29, 0.717) is 10.6 Å². The van der Waals surface area contributed by atoms with Gasteiger partial charge >= 0.3 is 0 Å².